The van der Waals surface area contributed by atoms with Gasteiger partial charge in [0.1, 0.15) is 5.65 Å². The second-order valence-electron chi connectivity index (χ2n) is 2.91. The van der Waals surface area contributed by atoms with E-state index in [1.165, 1.54) is 0 Å². The quantitative estimate of drug-likeness (QED) is 0.820. The number of nitrogens with zero attached hydrogens (tertiary/aromatic N) is 2. The molecule has 0 aliphatic carbocycles. The maximum absolute atomic E-state index is 10.4. The maximum Gasteiger partial charge on any atom is 0.309 e. The number of imidazole rings is 1. The first kappa shape index (κ1) is 9.02. The Hall–Kier alpha value is -1.55. The van der Waals surface area contributed by atoms with Gasteiger partial charge in [-0.15, -0.1) is 0 Å². The number of fused-ring (bicyclic) bond motifs is 1. The summed E-state index contributed by atoms with van der Waals surface area (Å²) in [5.74, 6) is -0.889. The number of aliphatic carboxylic acids is 1. The molecule has 0 fully saturated rings. The van der Waals surface area contributed by atoms with Crippen LogP contribution in [0.3, 0.4) is 0 Å². The van der Waals surface area contributed by atoms with Crippen LogP contribution in [0.1, 0.15) is 5.69 Å². The molecule has 2 aromatic rings. The van der Waals surface area contributed by atoms with Crippen LogP contribution in [0.25, 0.3) is 5.65 Å². The third-order valence-electron chi connectivity index (χ3n) is 1.80. The van der Waals surface area contributed by atoms with Crippen LogP contribution in [-0.2, 0) is 11.2 Å². The molecule has 1 N–H and O–H groups in total. The first-order valence-corrected chi connectivity index (χ1v) is 4.38. The molecule has 0 bridgehead atoms. The van der Waals surface area contributed by atoms with Gasteiger partial charge in [0.2, 0.25) is 0 Å². The van der Waals surface area contributed by atoms with Gasteiger partial charge in [0.25, 0.3) is 0 Å². The van der Waals surface area contributed by atoms with Crippen molar-refractivity contribution in [2.24, 2.45) is 0 Å². The van der Waals surface area contributed by atoms with Crippen LogP contribution in [0.2, 0.25) is 5.02 Å². The maximum atomic E-state index is 10.4. The molecule has 0 atom stereocenters. The molecule has 0 spiro atoms. The highest BCUT2D eigenvalue weighted by Crippen LogP contribution is 2.12. The Bertz CT molecular complexity index is 493. The zero-order chi connectivity index (χ0) is 10.1. The Morgan fingerprint density at radius 3 is 3.14 bits per heavy atom. The Morgan fingerprint density at radius 2 is 2.43 bits per heavy atom. The zero-order valence-corrected chi connectivity index (χ0v) is 7.90. The molecular weight excluding hydrogens is 204 g/mol. The minimum Gasteiger partial charge on any atom is -0.481 e. The normalized spacial score (nSPS) is 10.6. The summed E-state index contributed by atoms with van der Waals surface area (Å²) < 4.78 is 1.74. The number of carbonyl (C=O) groups is 1. The summed E-state index contributed by atoms with van der Waals surface area (Å²) in [6.45, 7) is 0. The summed E-state index contributed by atoms with van der Waals surface area (Å²) in [5, 5.41) is 9.16. The highest BCUT2D eigenvalue weighted by molar-refractivity contribution is 6.30. The molecule has 0 saturated carbocycles. The summed E-state index contributed by atoms with van der Waals surface area (Å²) >= 11 is 5.76. The first-order chi connectivity index (χ1) is 6.65. The Morgan fingerprint density at radius 1 is 1.64 bits per heavy atom. The molecule has 5 heteroatoms. The molecular formula is C9H7ClN2O2. The summed E-state index contributed by atoms with van der Waals surface area (Å²) in [6, 6.07) is 3.41. The van der Waals surface area contributed by atoms with E-state index >= 15 is 0 Å². The van der Waals surface area contributed by atoms with Crippen molar-refractivity contribution in [3.63, 3.8) is 0 Å². The molecule has 2 aromatic heterocycles. The number of carboxylic acids is 1. The average Bonchev–Trinajstić information content (AvgIpc) is 2.44. The van der Waals surface area contributed by atoms with Crippen molar-refractivity contribution in [1.29, 1.82) is 0 Å². The molecule has 0 aliphatic rings. The van der Waals surface area contributed by atoms with E-state index in [1.54, 1.807) is 28.9 Å². The SMILES string of the molecule is O=C(O)Cc1cn2ccc(Cl)cc2n1. The lowest BCUT2D eigenvalue weighted by atomic mass is 10.3. The third-order valence-corrected chi connectivity index (χ3v) is 2.04. The summed E-state index contributed by atoms with van der Waals surface area (Å²) in [5.41, 5.74) is 1.19. The largest absolute Gasteiger partial charge is 0.481 e. The van der Waals surface area contributed by atoms with Crippen LogP contribution >= 0.6 is 11.6 Å². The van der Waals surface area contributed by atoms with Crippen molar-refractivity contribution in [1.82, 2.24) is 9.38 Å². The second-order valence-corrected chi connectivity index (χ2v) is 3.35. The molecule has 2 heterocycles. The summed E-state index contributed by atoms with van der Waals surface area (Å²) in [6.07, 6.45) is 3.36. The molecule has 0 unspecified atom stereocenters. The van der Waals surface area contributed by atoms with Crippen LogP contribution in [0.15, 0.2) is 24.5 Å². The van der Waals surface area contributed by atoms with Crippen LogP contribution in [0.4, 0.5) is 0 Å². The lowest BCUT2D eigenvalue weighted by Gasteiger charge is -1.90. The van der Waals surface area contributed by atoms with Crippen molar-refractivity contribution in [3.05, 3.63) is 35.2 Å². The predicted molar refractivity (Wildman–Crippen MR) is 51.5 cm³/mol. The van der Waals surface area contributed by atoms with Gasteiger partial charge in [0, 0.05) is 17.4 Å². The van der Waals surface area contributed by atoms with E-state index in [4.69, 9.17) is 16.7 Å². The van der Waals surface area contributed by atoms with Gasteiger partial charge in [-0.25, -0.2) is 4.98 Å². The summed E-state index contributed by atoms with van der Waals surface area (Å²) in [4.78, 5) is 14.5. The van der Waals surface area contributed by atoms with Crippen LogP contribution in [0.5, 0.6) is 0 Å². The van der Waals surface area contributed by atoms with Crippen molar-refractivity contribution < 1.29 is 9.90 Å². The fourth-order valence-electron chi connectivity index (χ4n) is 1.25. The highest BCUT2D eigenvalue weighted by Gasteiger charge is 2.05. The standard InChI is InChI=1S/C9H7ClN2O2/c10-6-1-2-12-5-7(4-9(13)14)11-8(12)3-6/h1-3,5H,4H2,(H,13,14). The number of carboxylic acid groups (broad SMARTS) is 1. The van der Waals surface area contributed by atoms with E-state index in [-0.39, 0.29) is 6.42 Å². The molecule has 4 nitrogen and oxygen atoms in total. The number of pyridine rings is 1. The molecule has 72 valence electrons. The smallest absolute Gasteiger partial charge is 0.309 e. The molecule has 0 radical (unpaired) electrons. The summed E-state index contributed by atoms with van der Waals surface area (Å²) in [7, 11) is 0. The molecule has 0 aliphatic heterocycles. The fourth-order valence-corrected chi connectivity index (χ4v) is 1.40. The van der Waals surface area contributed by atoms with Gasteiger partial charge in [-0.1, -0.05) is 11.6 Å². The topological polar surface area (TPSA) is 54.6 Å². The van der Waals surface area contributed by atoms with Crippen molar-refractivity contribution in [2.45, 2.75) is 6.42 Å². The van der Waals surface area contributed by atoms with E-state index in [9.17, 15) is 4.79 Å². The minimum atomic E-state index is -0.889. The number of hydrogen-bond donors (Lipinski definition) is 1. The number of aromatic nitrogens is 2. The number of halogens is 1. The lowest BCUT2D eigenvalue weighted by molar-refractivity contribution is -0.136. The van der Waals surface area contributed by atoms with Gasteiger partial charge >= 0.3 is 5.97 Å². The monoisotopic (exact) mass is 210 g/mol. The molecule has 0 amide bonds. The predicted octanol–water partition coefficient (Wildman–Crippen LogP) is 1.61. The fraction of sp³-hybridized carbons (Fsp3) is 0.111. The third kappa shape index (κ3) is 1.70. The van der Waals surface area contributed by atoms with Gasteiger partial charge in [-0.3, -0.25) is 4.79 Å². The van der Waals surface area contributed by atoms with Gasteiger partial charge in [-0.05, 0) is 12.1 Å². The molecule has 0 saturated heterocycles. The van der Waals surface area contributed by atoms with E-state index in [2.05, 4.69) is 4.98 Å². The van der Waals surface area contributed by atoms with Crippen LogP contribution in [0, 0.1) is 0 Å². The van der Waals surface area contributed by atoms with E-state index in [1.807, 2.05) is 0 Å². The Kier molecular flexibility index (Phi) is 2.13. The van der Waals surface area contributed by atoms with E-state index < -0.39 is 5.97 Å². The minimum absolute atomic E-state index is 0.0701. The number of hydrogen-bond acceptors (Lipinski definition) is 2. The second kappa shape index (κ2) is 3.31. The van der Waals surface area contributed by atoms with Gasteiger partial charge < -0.3 is 9.51 Å². The first-order valence-electron chi connectivity index (χ1n) is 4.00. The molecule has 14 heavy (non-hydrogen) atoms. The van der Waals surface area contributed by atoms with Crippen LogP contribution in [-0.4, -0.2) is 20.5 Å². The Labute approximate surface area is 84.8 Å². The van der Waals surface area contributed by atoms with E-state index in [0.29, 0.717) is 16.4 Å². The molecule has 0 aromatic carbocycles. The lowest BCUT2D eigenvalue weighted by Crippen LogP contribution is -1.99. The highest BCUT2D eigenvalue weighted by atomic mass is 35.5. The molecule has 2 rings (SSSR count). The average molecular weight is 211 g/mol. The van der Waals surface area contributed by atoms with Crippen molar-refractivity contribution in [2.75, 3.05) is 0 Å². The van der Waals surface area contributed by atoms with Gasteiger partial charge in [0.15, 0.2) is 0 Å². The van der Waals surface area contributed by atoms with Crippen LogP contribution < -0.4 is 0 Å². The number of rotatable bonds is 2. The van der Waals surface area contributed by atoms with Crippen molar-refractivity contribution in [3.8, 4) is 0 Å². The van der Waals surface area contributed by atoms with E-state index in [0.717, 1.165) is 0 Å². The van der Waals surface area contributed by atoms with Gasteiger partial charge in [-0.2, -0.15) is 0 Å². The van der Waals surface area contributed by atoms with Crippen molar-refractivity contribution >= 4 is 23.2 Å². The Balaban J connectivity index is 2.46. The zero-order valence-electron chi connectivity index (χ0n) is 7.14. The van der Waals surface area contributed by atoms with Gasteiger partial charge in [0.05, 0.1) is 12.1 Å².